The van der Waals surface area contributed by atoms with Crippen molar-refractivity contribution in [1.29, 1.82) is 0 Å². The van der Waals surface area contributed by atoms with Gasteiger partial charge < -0.3 is 5.32 Å². The van der Waals surface area contributed by atoms with Gasteiger partial charge in [-0.15, -0.1) is 6.42 Å². The van der Waals surface area contributed by atoms with Gasteiger partial charge in [0.05, 0.1) is 5.92 Å². The predicted molar refractivity (Wildman–Crippen MR) is 63.6 cm³/mol. The third-order valence-electron chi connectivity index (χ3n) is 2.63. The second-order valence-electron chi connectivity index (χ2n) is 3.73. The molecular weight excluding hydrogens is 201 g/mol. The lowest BCUT2D eigenvalue weighted by molar-refractivity contribution is 0.627. The zero-order valence-corrected chi connectivity index (χ0v) is 8.83. The number of hydrogen-bond acceptors (Lipinski definition) is 1. The highest BCUT2D eigenvalue weighted by Gasteiger charge is 2.16. The van der Waals surface area contributed by atoms with Crippen LogP contribution in [0.5, 0.6) is 0 Å². The van der Waals surface area contributed by atoms with E-state index in [1.807, 2.05) is 6.08 Å². The van der Waals surface area contributed by atoms with Crippen LogP contribution in [0, 0.1) is 24.1 Å². The molecule has 0 saturated carbocycles. The van der Waals surface area contributed by atoms with Gasteiger partial charge in [-0.2, -0.15) is 0 Å². The summed E-state index contributed by atoms with van der Waals surface area (Å²) in [5.41, 5.74) is 2.71. The van der Waals surface area contributed by atoms with E-state index in [4.69, 9.17) is 6.42 Å². The van der Waals surface area contributed by atoms with E-state index in [-0.39, 0.29) is 11.7 Å². The largest absolute Gasteiger partial charge is 0.358 e. The maximum absolute atomic E-state index is 12.8. The Morgan fingerprint density at radius 2 is 2.06 bits per heavy atom. The van der Waals surface area contributed by atoms with Crippen molar-refractivity contribution in [2.75, 3.05) is 0 Å². The molecule has 0 amide bonds. The van der Waals surface area contributed by atoms with E-state index in [0.29, 0.717) is 0 Å². The summed E-state index contributed by atoms with van der Waals surface area (Å²) in [5.74, 6) is 2.48. The first-order chi connectivity index (χ1) is 7.70. The van der Waals surface area contributed by atoms with Crippen molar-refractivity contribution < 1.29 is 4.39 Å². The van der Waals surface area contributed by atoms with E-state index in [1.165, 1.54) is 12.1 Å². The molecule has 2 rings (SSSR count). The molecule has 1 N–H and O–H groups in total. The van der Waals surface area contributed by atoms with Crippen LogP contribution < -0.4 is 5.32 Å². The molecule has 0 aromatic heterocycles. The van der Waals surface area contributed by atoms with E-state index in [2.05, 4.69) is 17.8 Å². The third-order valence-corrected chi connectivity index (χ3v) is 2.63. The molecule has 1 nitrogen and oxygen atoms in total. The number of nitrogens with one attached hydrogen (secondary N) is 1. The lowest BCUT2D eigenvalue weighted by Gasteiger charge is -2.23. The second-order valence-corrected chi connectivity index (χ2v) is 3.73. The summed E-state index contributed by atoms with van der Waals surface area (Å²) in [6.07, 6.45) is 8.16. The minimum absolute atomic E-state index is 0.0456. The van der Waals surface area contributed by atoms with Crippen molar-refractivity contribution in [3.8, 4) is 12.3 Å². The minimum atomic E-state index is -0.236. The predicted octanol–water partition coefficient (Wildman–Crippen LogP) is 2.92. The summed E-state index contributed by atoms with van der Waals surface area (Å²) in [5, 5.41) is 3.15. The Morgan fingerprint density at radius 3 is 2.62 bits per heavy atom. The van der Waals surface area contributed by atoms with Gasteiger partial charge in [0, 0.05) is 11.4 Å². The van der Waals surface area contributed by atoms with Gasteiger partial charge >= 0.3 is 0 Å². The first-order valence-electron chi connectivity index (χ1n) is 5.09. The molecular formula is C14H12FN. The fourth-order valence-electron chi connectivity index (χ4n) is 1.68. The third kappa shape index (κ3) is 1.99. The summed E-state index contributed by atoms with van der Waals surface area (Å²) >= 11 is 0. The number of rotatable bonds is 1. The molecule has 16 heavy (non-hydrogen) atoms. The minimum Gasteiger partial charge on any atom is -0.358 e. The molecule has 1 aliphatic heterocycles. The first-order valence-corrected chi connectivity index (χ1v) is 5.09. The van der Waals surface area contributed by atoms with Crippen LogP contribution in [0.15, 0.2) is 42.6 Å². The average molecular weight is 213 g/mol. The molecule has 1 heterocycles. The van der Waals surface area contributed by atoms with Crippen LogP contribution >= 0.6 is 0 Å². The van der Waals surface area contributed by atoms with Crippen molar-refractivity contribution >= 4 is 5.70 Å². The van der Waals surface area contributed by atoms with Crippen molar-refractivity contribution in [1.82, 2.24) is 5.32 Å². The van der Waals surface area contributed by atoms with Gasteiger partial charge in [0.15, 0.2) is 0 Å². The van der Waals surface area contributed by atoms with Gasteiger partial charge in [-0.05, 0) is 24.1 Å². The van der Waals surface area contributed by atoms with Crippen molar-refractivity contribution in [2.24, 2.45) is 5.92 Å². The molecule has 0 aliphatic carbocycles. The quantitative estimate of drug-likeness (QED) is 0.707. The molecule has 0 bridgehead atoms. The lowest BCUT2D eigenvalue weighted by Crippen LogP contribution is -2.21. The molecule has 2 heteroatoms. The normalized spacial score (nSPS) is 19.6. The van der Waals surface area contributed by atoms with E-state index in [9.17, 15) is 4.39 Å². The highest BCUT2D eigenvalue weighted by atomic mass is 19.1. The molecule has 0 saturated heterocycles. The zero-order valence-electron chi connectivity index (χ0n) is 8.83. The van der Waals surface area contributed by atoms with Gasteiger partial charge in [-0.25, -0.2) is 4.39 Å². The van der Waals surface area contributed by atoms with Crippen LogP contribution in [0.1, 0.15) is 12.0 Å². The average Bonchev–Trinajstić information content (AvgIpc) is 2.30. The molecule has 80 valence electrons. The topological polar surface area (TPSA) is 12.0 Å². The fraction of sp³-hybridized carbons (Fsp3) is 0.143. The lowest BCUT2D eigenvalue weighted by atomic mass is 9.96. The van der Waals surface area contributed by atoms with E-state index >= 15 is 0 Å². The summed E-state index contributed by atoms with van der Waals surface area (Å²) in [7, 11) is 0. The Bertz CT molecular complexity index is 476. The molecule has 1 unspecified atom stereocenters. The molecule has 0 radical (unpaired) electrons. The number of hydrogen-bond donors (Lipinski definition) is 1. The Morgan fingerprint density at radius 1 is 1.38 bits per heavy atom. The van der Waals surface area contributed by atoms with Gasteiger partial charge in [-0.3, -0.25) is 0 Å². The Balaban J connectivity index is 2.24. The summed E-state index contributed by atoms with van der Waals surface area (Å²) in [6.45, 7) is 3.89. The van der Waals surface area contributed by atoms with Crippen LogP contribution in [0.2, 0.25) is 0 Å². The zero-order chi connectivity index (χ0) is 11.5. The Labute approximate surface area is 94.7 Å². The van der Waals surface area contributed by atoms with E-state index in [1.54, 1.807) is 12.1 Å². The number of terminal acetylenes is 1. The Hall–Kier alpha value is -2.01. The van der Waals surface area contributed by atoms with Crippen molar-refractivity contribution in [3.63, 3.8) is 0 Å². The number of benzene rings is 1. The van der Waals surface area contributed by atoms with E-state index in [0.717, 1.165) is 23.4 Å². The van der Waals surface area contributed by atoms with Crippen LogP contribution in [0.4, 0.5) is 4.39 Å². The molecule has 1 aliphatic rings. The van der Waals surface area contributed by atoms with Crippen LogP contribution in [-0.2, 0) is 0 Å². The van der Waals surface area contributed by atoms with Crippen molar-refractivity contribution in [3.05, 3.63) is 54.0 Å². The first kappa shape index (κ1) is 10.5. The number of halogens is 1. The van der Waals surface area contributed by atoms with Crippen LogP contribution in [0.25, 0.3) is 5.70 Å². The van der Waals surface area contributed by atoms with Crippen LogP contribution in [-0.4, -0.2) is 0 Å². The summed E-state index contributed by atoms with van der Waals surface area (Å²) < 4.78 is 12.8. The molecule has 1 atom stereocenters. The molecule has 1 aromatic rings. The molecule has 0 spiro atoms. The highest BCUT2D eigenvalue weighted by Crippen LogP contribution is 2.24. The monoisotopic (exact) mass is 213 g/mol. The number of allylic oxidation sites excluding steroid dienone is 2. The maximum Gasteiger partial charge on any atom is 0.123 e. The standard InChI is InChI=1S/C14H12FN/c1-3-11-6-9-14(16-10(11)2)12-4-7-13(15)8-5-12/h1,4-5,7-9,11,16H,2,6H2. The summed E-state index contributed by atoms with van der Waals surface area (Å²) in [4.78, 5) is 0. The van der Waals surface area contributed by atoms with Gasteiger partial charge in [0.2, 0.25) is 0 Å². The van der Waals surface area contributed by atoms with E-state index < -0.39 is 0 Å². The molecule has 0 fully saturated rings. The summed E-state index contributed by atoms with van der Waals surface area (Å²) in [6, 6.07) is 6.34. The van der Waals surface area contributed by atoms with Gasteiger partial charge in [0.1, 0.15) is 5.82 Å². The SMILES string of the molecule is C#CC1CC=C(c2ccc(F)cc2)NC1=C. The molecule has 1 aromatic carbocycles. The van der Waals surface area contributed by atoms with Crippen LogP contribution in [0.3, 0.4) is 0 Å². The fourth-order valence-corrected chi connectivity index (χ4v) is 1.68. The van der Waals surface area contributed by atoms with Crippen molar-refractivity contribution in [2.45, 2.75) is 6.42 Å². The van der Waals surface area contributed by atoms with Gasteiger partial charge in [0.25, 0.3) is 0 Å². The Kier molecular flexibility index (Phi) is 2.78. The van der Waals surface area contributed by atoms with Gasteiger partial charge in [-0.1, -0.05) is 30.7 Å². The smallest absolute Gasteiger partial charge is 0.123 e. The maximum atomic E-state index is 12.8. The second kappa shape index (κ2) is 4.24. The highest BCUT2D eigenvalue weighted by molar-refractivity contribution is 5.66.